The molecule has 0 bridgehead atoms. The maximum atomic E-state index is 12.5. The number of anilines is 1. The van der Waals surface area contributed by atoms with Crippen LogP contribution < -0.4 is 9.46 Å². The molecule has 4 rings (SSSR count). The Morgan fingerprint density at radius 2 is 1.79 bits per heavy atom. The van der Waals surface area contributed by atoms with Crippen molar-refractivity contribution in [3.63, 3.8) is 0 Å². The van der Waals surface area contributed by atoms with Gasteiger partial charge in [-0.3, -0.25) is 4.72 Å². The highest BCUT2D eigenvalue weighted by molar-refractivity contribution is 7.92. The SMILES string of the molecule is Cc1cccc(S(=O)(=O)Nc2ccc(Oc3ccc(-n4cccn4)nn3)cc2)c1. The lowest BCUT2D eigenvalue weighted by atomic mass is 10.2. The normalized spacial score (nSPS) is 11.2. The van der Waals surface area contributed by atoms with Gasteiger partial charge in [-0.05, 0) is 61.0 Å². The molecule has 2 aromatic carbocycles. The fourth-order valence-corrected chi connectivity index (χ4v) is 3.77. The molecule has 0 unspecified atom stereocenters. The van der Waals surface area contributed by atoms with E-state index in [1.54, 1.807) is 77.7 Å². The minimum atomic E-state index is -3.66. The van der Waals surface area contributed by atoms with E-state index in [1.165, 1.54) is 0 Å². The smallest absolute Gasteiger partial charge is 0.261 e. The summed E-state index contributed by atoms with van der Waals surface area (Å²) < 4.78 is 34.8. The molecule has 0 aliphatic heterocycles. The number of sulfonamides is 1. The molecule has 0 aliphatic carbocycles. The van der Waals surface area contributed by atoms with Crippen molar-refractivity contribution >= 4 is 15.7 Å². The number of benzene rings is 2. The summed E-state index contributed by atoms with van der Waals surface area (Å²) in [6.45, 7) is 1.84. The Labute approximate surface area is 167 Å². The van der Waals surface area contributed by atoms with E-state index in [2.05, 4.69) is 20.0 Å². The molecule has 0 saturated heterocycles. The lowest BCUT2D eigenvalue weighted by molar-refractivity contribution is 0.454. The lowest BCUT2D eigenvalue weighted by Crippen LogP contribution is -2.12. The molecular weight excluding hydrogens is 390 g/mol. The van der Waals surface area contributed by atoms with Gasteiger partial charge in [0, 0.05) is 24.1 Å². The van der Waals surface area contributed by atoms with Crippen LogP contribution in [0, 0.1) is 6.92 Å². The van der Waals surface area contributed by atoms with Crippen LogP contribution in [0.3, 0.4) is 0 Å². The minimum Gasteiger partial charge on any atom is -0.438 e. The van der Waals surface area contributed by atoms with Crippen LogP contribution in [0.15, 0.2) is 84.0 Å². The van der Waals surface area contributed by atoms with Crippen molar-refractivity contribution in [3.8, 4) is 17.4 Å². The van der Waals surface area contributed by atoms with Gasteiger partial charge >= 0.3 is 0 Å². The zero-order valence-electron chi connectivity index (χ0n) is 15.4. The van der Waals surface area contributed by atoms with Gasteiger partial charge in [-0.15, -0.1) is 10.2 Å². The Morgan fingerprint density at radius 1 is 0.966 bits per heavy atom. The van der Waals surface area contributed by atoms with Crippen LogP contribution in [0.4, 0.5) is 5.69 Å². The van der Waals surface area contributed by atoms with Crippen molar-refractivity contribution in [2.24, 2.45) is 0 Å². The van der Waals surface area contributed by atoms with E-state index < -0.39 is 10.0 Å². The van der Waals surface area contributed by atoms with Crippen molar-refractivity contribution in [1.82, 2.24) is 20.0 Å². The quantitative estimate of drug-likeness (QED) is 0.525. The van der Waals surface area contributed by atoms with Gasteiger partial charge in [0.25, 0.3) is 10.0 Å². The summed E-state index contributed by atoms with van der Waals surface area (Å²) in [5.41, 5.74) is 1.30. The van der Waals surface area contributed by atoms with E-state index in [0.29, 0.717) is 23.1 Å². The van der Waals surface area contributed by atoms with Gasteiger partial charge in [-0.1, -0.05) is 12.1 Å². The number of aryl methyl sites for hydroxylation is 1. The van der Waals surface area contributed by atoms with Crippen LogP contribution in [0.5, 0.6) is 11.6 Å². The van der Waals surface area contributed by atoms with Gasteiger partial charge in [0.15, 0.2) is 5.82 Å². The van der Waals surface area contributed by atoms with E-state index >= 15 is 0 Å². The predicted molar refractivity (Wildman–Crippen MR) is 108 cm³/mol. The Balaban J connectivity index is 1.44. The number of aromatic nitrogens is 4. The van der Waals surface area contributed by atoms with E-state index in [9.17, 15) is 8.42 Å². The average molecular weight is 407 g/mol. The van der Waals surface area contributed by atoms with E-state index in [0.717, 1.165) is 5.56 Å². The van der Waals surface area contributed by atoms with Crippen LogP contribution >= 0.6 is 0 Å². The van der Waals surface area contributed by atoms with E-state index in [4.69, 9.17) is 4.74 Å². The number of ether oxygens (including phenoxy) is 1. The van der Waals surface area contributed by atoms with E-state index in [1.807, 2.05) is 13.0 Å². The number of rotatable bonds is 6. The molecule has 146 valence electrons. The second kappa shape index (κ2) is 7.72. The summed E-state index contributed by atoms with van der Waals surface area (Å²) in [5, 5.41) is 12.2. The predicted octanol–water partition coefficient (Wildman–Crippen LogP) is 3.56. The van der Waals surface area contributed by atoms with Gasteiger partial charge in [0.2, 0.25) is 5.88 Å². The first kappa shape index (κ1) is 18.6. The molecule has 0 amide bonds. The molecule has 8 nitrogen and oxygen atoms in total. The molecule has 2 heterocycles. The maximum Gasteiger partial charge on any atom is 0.261 e. The van der Waals surface area contributed by atoms with Crippen LogP contribution in [0.2, 0.25) is 0 Å². The molecule has 0 atom stereocenters. The summed E-state index contributed by atoms with van der Waals surface area (Å²) >= 11 is 0. The van der Waals surface area contributed by atoms with Crippen LogP contribution in [-0.2, 0) is 10.0 Å². The first-order chi connectivity index (χ1) is 14.0. The Morgan fingerprint density at radius 3 is 2.45 bits per heavy atom. The second-order valence-corrected chi connectivity index (χ2v) is 7.91. The zero-order chi connectivity index (χ0) is 20.3. The number of hydrogen-bond donors (Lipinski definition) is 1. The molecule has 9 heteroatoms. The number of hydrogen-bond acceptors (Lipinski definition) is 6. The fourth-order valence-electron chi connectivity index (χ4n) is 2.60. The van der Waals surface area contributed by atoms with Crippen molar-refractivity contribution in [2.75, 3.05) is 4.72 Å². The Bertz CT molecular complexity index is 1210. The number of nitrogens with zero attached hydrogens (tertiary/aromatic N) is 4. The largest absolute Gasteiger partial charge is 0.438 e. The highest BCUT2D eigenvalue weighted by atomic mass is 32.2. The average Bonchev–Trinajstić information content (AvgIpc) is 3.25. The third-order valence-corrected chi connectivity index (χ3v) is 5.37. The van der Waals surface area contributed by atoms with Gasteiger partial charge in [0.1, 0.15) is 5.75 Å². The highest BCUT2D eigenvalue weighted by Gasteiger charge is 2.14. The van der Waals surface area contributed by atoms with Crippen molar-refractivity contribution in [1.29, 1.82) is 0 Å². The third-order valence-electron chi connectivity index (χ3n) is 3.99. The molecule has 0 saturated carbocycles. The molecule has 29 heavy (non-hydrogen) atoms. The standard InChI is InChI=1S/C20H17N5O3S/c1-15-4-2-5-18(14-15)29(26,27)24-16-6-8-17(9-7-16)28-20-11-10-19(22-23-20)25-13-3-12-21-25/h2-14,24H,1H3. The van der Waals surface area contributed by atoms with Gasteiger partial charge in [0.05, 0.1) is 4.90 Å². The molecule has 4 aromatic rings. The summed E-state index contributed by atoms with van der Waals surface area (Å²) in [4.78, 5) is 0.213. The van der Waals surface area contributed by atoms with Gasteiger partial charge in [-0.2, -0.15) is 5.10 Å². The van der Waals surface area contributed by atoms with Crippen LogP contribution in [0.25, 0.3) is 5.82 Å². The monoisotopic (exact) mass is 407 g/mol. The second-order valence-electron chi connectivity index (χ2n) is 6.23. The lowest BCUT2D eigenvalue weighted by Gasteiger charge is -2.10. The van der Waals surface area contributed by atoms with Crippen molar-refractivity contribution in [2.45, 2.75) is 11.8 Å². The fraction of sp³-hybridized carbons (Fsp3) is 0.0500. The van der Waals surface area contributed by atoms with E-state index in [-0.39, 0.29) is 4.90 Å². The topological polar surface area (TPSA) is 99.0 Å². The molecule has 0 aliphatic rings. The summed E-state index contributed by atoms with van der Waals surface area (Å²) in [6, 6.07) is 18.5. The third kappa shape index (κ3) is 4.41. The van der Waals surface area contributed by atoms with Crippen molar-refractivity contribution < 1.29 is 13.2 Å². The Kier molecular flexibility index (Phi) is 4.96. The summed E-state index contributed by atoms with van der Waals surface area (Å²) in [7, 11) is -3.66. The van der Waals surface area contributed by atoms with Gasteiger partial charge < -0.3 is 4.74 Å². The Hall–Kier alpha value is -3.72. The molecule has 0 fully saturated rings. The van der Waals surface area contributed by atoms with Crippen LogP contribution in [0.1, 0.15) is 5.56 Å². The van der Waals surface area contributed by atoms with Gasteiger partial charge in [-0.25, -0.2) is 13.1 Å². The first-order valence-electron chi connectivity index (χ1n) is 8.71. The molecule has 1 N–H and O–H groups in total. The van der Waals surface area contributed by atoms with Crippen molar-refractivity contribution in [3.05, 3.63) is 84.7 Å². The molecule has 2 aromatic heterocycles. The molecular formula is C20H17N5O3S. The molecule has 0 radical (unpaired) electrons. The summed E-state index contributed by atoms with van der Waals surface area (Å²) in [5.74, 6) is 1.39. The first-order valence-corrected chi connectivity index (χ1v) is 10.2. The minimum absolute atomic E-state index is 0.213. The zero-order valence-corrected chi connectivity index (χ0v) is 16.2. The molecule has 0 spiro atoms. The maximum absolute atomic E-state index is 12.5. The summed E-state index contributed by atoms with van der Waals surface area (Å²) in [6.07, 6.45) is 3.42. The number of nitrogens with one attached hydrogen (secondary N) is 1. The highest BCUT2D eigenvalue weighted by Crippen LogP contribution is 2.23. The van der Waals surface area contributed by atoms with Crippen LogP contribution in [-0.4, -0.2) is 28.4 Å².